The minimum Gasteiger partial charge on any atom is -0.362 e. The molecule has 1 amide bonds. The predicted octanol–water partition coefficient (Wildman–Crippen LogP) is 0.192. The number of hydrogen-bond acceptors (Lipinski definition) is 3. The van der Waals surface area contributed by atoms with Gasteiger partial charge in [-0.3, -0.25) is 14.9 Å². The maximum atomic E-state index is 10.1. The molecule has 0 aliphatic heterocycles. The van der Waals surface area contributed by atoms with Gasteiger partial charge < -0.3 is 5.73 Å². The standard InChI is InChI=1S/C2H2Br2N2O3/c3-2(4,1(5)7)6(8)9/h(H2,5,7). The molecule has 0 aromatic rings. The van der Waals surface area contributed by atoms with Crippen LogP contribution in [0, 0.1) is 10.1 Å². The molecule has 0 fully saturated rings. The monoisotopic (exact) mass is 260 g/mol. The van der Waals surface area contributed by atoms with E-state index in [0.29, 0.717) is 0 Å². The highest BCUT2D eigenvalue weighted by Gasteiger charge is 2.43. The lowest BCUT2D eigenvalue weighted by atomic mass is 10.6. The highest BCUT2D eigenvalue weighted by molar-refractivity contribution is 9.25. The van der Waals surface area contributed by atoms with E-state index >= 15 is 0 Å². The van der Waals surface area contributed by atoms with Gasteiger partial charge >= 0.3 is 9.26 Å². The van der Waals surface area contributed by atoms with E-state index in [4.69, 9.17) is 0 Å². The fourth-order valence-electron chi connectivity index (χ4n) is 0.0900. The van der Waals surface area contributed by atoms with Gasteiger partial charge in [0.2, 0.25) is 0 Å². The third-order valence-electron chi connectivity index (χ3n) is 0.526. The Labute approximate surface area is 67.0 Å². The second-order valence-corrected chi connectivity index (χ2v) is 4.52. The number of hydrogen-bond donors (Lipinski definition) is 1. The molecule has 0 aliphatic carbocycles. The highest BCUT2D eigenvalue weighted by atomic mass is 79.9. The summed E-state index contributed by atoms with van der Waals surface area (Å²) in [6, 6.07) is 0. The first-order valence-corrected chi connectivity index (χ1v) is 3.30. The van der Waals surface area contributed by atoms with E-state index in [9.17, 15) is 14.9 Å². The van der Waals surface area contributed by atoms with Gasteiger partial charge in [-0.25, -0.2) is 0 Å². The van der Waals surface area contributed by atoms with Crippen LogP contribution >= 0.6 is 31.9 Å². The second kappa shape index (κ2) is 2.61. The third-order valence-corrected chi connectivity index (χ3v) is 1.89. The number of alkyl halides is 2. The molecule has 0 atom stereocenters. The smallest absolute Gasteiger partial charge is 0.362 e. The van der Waals surface area contributed by atoms with Gasteiger partial charge in [0.25, 0.3) is 0 Å². The zero-order valence-electron chi connectivity index (χ0n) is 4.01. The van der Waals surface area contributed by atoms with Crippen LogP contribution in [0.5, 0.6) is 0 Å². The lowest BCUT2D eigenvalue weighted by Crippen LogP contribution is -2.39. The van der Waals surface area contributed by atoms with E-state index in [1.807, 2.05) is 0 Å². The summed E-state index contributed by atoms with van der Waals surface area (Å²) in [5, 5.41) is 9.87. The minimum atomic E-state index is -2.01. The molecule has 0 bridgehead atoms. The van der Waals surface area contributed by atoms with Crippen molar-refractivity contribution in [3.8, 4) is 0 Å². The van der Waals surface area contributed by atoms with Crippen LogP contribution in [0.15, 0.2) is 0 Å². The third kappa shape index (κ3) is 1.90. The Morgan fingerprint density at radius 2 is 2.00 bits per heavy atom. The number of primary amides is 1. The Balaban J connectivity index is 4.38. The number of amides is 1. The summed E-state index contributed by atoms with van der Waals surface area (Å²) in [5.41, 5.74) is 4.60. The molecule has 0 aromatic heterocycles. The molecular formula is C2H2Br2N2O3. The molecule has 0 radical (unpaired) electrons. The van der Waals surface area contributed by atoms with Crippen molar-refractivity contribution < 1.29 is 9.72 Å². The average Bonchev–Trinajstić information content (AvgIpc) is 1.65. The molecule has 0 saturated carbocycles. The Morgan fingerprint density at radius 3 is 2.00 bits per heavy atom. The number of nitrogens with zero attached hydrogens (tertiary/aromatic N) is 1. The molecule has 2 N–H and O–H groups in total. The van der Waals surface area contributed by atoms with Crippen LogP contribution in [-0.2, 0) is 4.79 Å². The first kappa shape index (κ1) is 8.83. The summed E-state index contributed by atoms with van der Waals surface area (Å²) in [6.07, 6.45) is 0. The van der Waals surface area contributed by atoms with Crippen LogP contribution in [0.3, 0.4) is 0 Å². The van der Waals surface area contributed by atoms with Crippen LogP contribution in [0.1, 0.15) is 0 Å². The van der Waals surface area contributed by atoms with Gasteiger partial charge in [-0.1, -0.05) is 0 Å². The Morgan fingerprint density at radius 1 is 1.67 bits per heavy atom. The summed E-state index contributed by atoms with van der Waals surface area (Å²) in [5.74, 6) is -1.09. The molecule has 5 nitrogen and oxygen atoms in total. The van der Waals surface area contributed by atoms with Crippen molar-refractivity contribution in [2.24, 2.45) is 5.73 Å². The Kier molecular flexibility index (Phi) is 2.56. The molecule has 0 spiro atoms. The van der Waals surface area contributed by atoms with E-state index < -0.39 is 14.2 Å². The van der Waals surface area contributed by atoms with Crippen LogP contribution in [0.4, 0.5) is 0 Å². The fourth-order valence-corrected chi connectivity index (χ4v) is 0.0900. The topological polar surface area (TPSA) is 86.2 Å². The van der Waals surface area contributed by atoms with Crippen molar-refractivity contribution in [2.75, 3.05) is 0 Å². The first-order chi connectivity index (χ1) is 3.89. The van der Waals surface area contributed by atoms with Gasteiger partial charge in [0, 0.05) is 31.9 Å². The zero-order chi connectivity index (χ0) is 7.65. The van der Waals surface area contributed by atoms with Gasteiger partial charge in [0.05, 0.1) is 4.92 Å². The molecule has 7 heteroatoms. The maximum absolute atomic E-state index is 10.1. The van der Waals surface area contributed by atoms with Crippen molar-refractivity contribution >= 4 is 37.8 Å². The van der Waals surface area contributed by atoms with Gasteiger partial charge in [0.15, 0.2) is 0 Å². The number of carbonyl (C=O) groups excluding carboxylic acids is 1. The van der Waals surface area contributed by atoms with Crippen molar-refractivity contribution in [2.45, 2.75) is 3.36 Å². The van der Waals surface area contributed by atoms with Gasteiger partial charge in [-0.05, 0) is 0 Å². The molecule has 52 valence electrons. The summed E-state index contributed by atoms with van der Waals surface area (Å²) in [7, 11) is 0. The fraction of sp³-hybridized carbons (Fsp3) is 0.500. The Bertz CT molecular complexity index is 140. The lowest BCUT2D eigenvalue weighted by molar-refractivity contribution is -0.490. The molecule has 0 unspecified atom stereocenters. The van der Waals surface area contributed by atoms with Gasteiger partial charge in [-0.2, -0.15) is 0 Å². The van der Waals surface area contributed by atoms with E-state index in [2.05, 4.69) is 37.6 Å². The lowest BCUT2D eigenvalue weighted by Gasteiger charge is -2.04. The van der Waals surface area contributed by atoms with Crippen molar-refractivity contribution in [3.05, 3.63) is 10.1 Å². The van der Waals surface area contributed by atoms with Gasteiger partial charge in [0.1, 0.15) is 0 Å². The Hall–Kier alpha value is -0.170. The van der Waals surface area contributed by atoms with E-state index in [0.717, 1.165) is 0 Å². The quantitative estimate of drug-likeness (QED) is 0.333. The van der Waals surface area contributed by atoms with Crippen LogP contribution in [0.25, 0.3) is 0 Å². The zero-order valence-corrected chi connectivity index (χ0v) is 7.18. The largest absolute Gasteiger partial charge is 0.402 e. The summed E-state index contributed by atoms with van der Waals surface area (Å²) >= 11 is 4.91. The normalized spacial score (nSPS) is 10.9. The molecule has 0 aliphatic rings. The summed E-state index contributed by atoms with van der Waals surface area (Å²) < 4.78 is -2.01. The predicted molar refractivity (Wildman–Crippen MR) is 36.8 cm³/mol. The van der Waals surface area contributed by atoms with Gasteiger partial charge in [-0.15, -0.1) is 0 Å². The van der Waals surface area contributed by atoms with E-state index in [1.165, 1.54) is 0 Å². The summed E-state index contributed by atoms with van der Waals surface area (Å²) in [4.78, 5) is 19.1. The average molecular weight is 262 g/mol. The van der Waals surface area contributed by atoms with Crippen molar-refractivity contribution in [1.29, 1.82) is 0 Å². The molecule has 0 heterocycles. The SMILES string of the molecule is NC(=O)C(Br)(Br)[N+](=O)[O-]. The molecular weight excluding hydrogens is 260 g/mol. The van der Waals surface area contributed by atoms with Crippen LogP contribution < -0.4 is 5.73 Å². The summed E-state index contributed by atoms with van der Waals surface area (Å²) in [6.45, 7) is 0. The van der Waals surface area contributed by atoms with Crippen LogP contribution in [0.2, 0.25) is 0 Å². The highest BCUT2D eigenvalue weighted by Crippen LogP contribution is 2.25. The molecule has 0 saturated heterocycles. The maximum Gasteiger partial charge on any atom is 0.402 e. The van der Waals surface area contributed by atoms with Crippen LogP contribution in [-0.4, -0.2) is 14.2 Å². The molecule has 9 heavy (non-hydrogen) atoms. The number of rotatable bonds is 2. The molecule has 0 aromatic carbocycles. The number of carbonyl (C=O) groups is 1. The minimum absolute atomic E-state index is 0.880. The van der Waals surface area contributed by atoms with Crippen molar-refractivity contribution in [3.63, 3.8) is 0 Å². The number of halogens is 2. The molecule has 0 rings (SSSR count). The first-order valence-electron chi connectivity index (χ1n) is 1.71. The number of nitro groups is 1. The van der Waals surface area contributed by atoms with E-state index in [1.54, 1.807) is 0 Å². The van der Waals surface area contributed by atoms with Crippen molar-refractivity contribution in [1.82, 2.24) is 0 Å². The number of nitrogens with two attached hydrogens (primary N) is 1. The van der Waals surface area contributed by atoms with E-state index in [-0.39, 0.29) is 0 Å². The second-order valence-electron chi connectivity index (χ2n) is 1.16.